The van der Waals surface area contributed by atoms with Gasteiger partial charge in [-0.2, -0.15) is 17.2 Å². The number of hydrogen-bond donors (Lipinski definition) is 1. The van der Waals surface area contributed by atoms with Gasteiger partial charge < -0.3 is 18.9 Å². The van der Waals surface area contributed by atoms with E-state index in [0.29, 0.717) is 30.8 Å². The van der Waals surface area contributed by atoms with Gasteiger partial charge in [-0.15, -0.1) is 0 Å². The lowest BCUT2D eigenvalue weighted by Crippen LogP contribution is -2.43. The molecule has 5 atom stereocenters. The highest BCUT2D eigenvalue weighted by Gasteiger charge is 2.51. The number of carbonyl (C=O) groups excluding carboxylic acids is 1. The molecule has 258 valence electrons. The molecule has 0 spiro atoms. The minimum Gasteiger partial charge on any atom is -0.483 e. The van der Waals surface area contributed by atoms with Gasteiger partial charge in [0.05, 0.1) is 30.0 Å². The molecule has 2 bridgehead atoms. The summed E-state index contributed by atoms with van der Waals surface area (Å²) in [5.74, 6) is 0.442. The first-order chi connectivity index (χ1) is 22.5. The highest BCUT2D eigenvalue weighted by Crippen LogP contribution is 2.49. The van der Waals surface area contributed by atoms with Crippen LogP contribution in [0, 0.1) is 23.2 Å². The maximum absolute atomic E-state index is 14.1. The second-order valence-corrected chi connectivity index (χ2v) is 17.5. The number of halogens is 2. The average molecular weight is 704 g/mol. The minimum absolute atomic E-state index is 0.0128. The van der Waals surface area contributed by atoms with Crippen molar-refractivity contribution < 1.29 is 45.5 Å². The van der Waals surface area contributed by atoms with Crippen molar-refractivity contribution in [3.8, 4) is 11.5 Å². The first-order valence-corrected chi connectivity index (χ1v) is 18.8. The van der Waals surface area contributed by atoms with Gasteiger partial charge in [-0.3, -0.25) is 9.35 Å². The fraction of sp³-hybridized carbons (Fsp3) is 0.472. The molecule has 1 saturated heterocycles. The Hall–Kier alpha value is -3.03. The van der Waals surface area contributed by atoms with Crippen LogP contribution in [0.15, 0.2) is 87.5 Å². The Labute approximate surface area is 283 Å². The Morgan fingerprint density at radius 2 is 1.40 bits per heavy atom. The lowest BCUT2D eigenvalue weighted by Gasteiger charge is -2.41. The summed E-state index contributed by atoms with van der Waals surface area (Å²) in [6, 6.07) is 21.8. The van der Waals surface area contributed by atoms with Crippen LogP contribution in [0.3, 0.4) is 0 Å². The smallest absolute Gasteiger partial charge is 0.405 e. The van der Waals surface area contributed by atoms with Crippen LogP contribution >= 0.6 is 0 Å². The lowest BCUT2D eigenvalue weighted by molar-refractivity contribution is -0.298. The number of alkyl halides is 2. The summed E-state index contributed by atoms with van der Waals surface area (Å²) in [4.78, 5) is 15.7. The van der Waals surface area contributed by atoms with E-state index in [-0.39, 0.29) is 23.1 Å². The molecule has 6 rings (SSSR count). The van der Waals surface area contributed by atoms with Crippen LogP contribution < -0.4 is 9.47 Å². The Bertz CT molecular complexity index is 1720. The maximum atomic E-state index is 14.1. The van der Waals surface area contributed by atoms with Gasteiger partial charge in [-0.1, -0.05) is 20.3 Å². The van der Waals surface area contributed by atoms with Crippen molar-refractivity contribution in [2.75, 3.05) is 13.2 Å². The van der Waals surface area contributed by atoms with E-state index >= 15 is 0 Å². The molecule has 0 radical (unpaired) electrons. The third kappa shape index (κ3) is 7.14. The molecule has 1 aliphatic heterocycles. The van der Waals surface area contributed by atoms with Crippen molar-refractivity contribution in [3.63, 3.8) is 0 Å². The van der Waals surface area contributed by atoms with Crippen molar-refractivity contribution >= 4 is 27.0 Å². The zero-order valence-electron chi connectivity index (χ0n) is 27.4. The van der Waals surface area contributed by atoms with Gasteiger partial charge in [-0.25, -0.2) is 0 Å². The van der Waals surface area contributed by atoms with Gasteiger partial charge in [0.15, 0.2) is 26.6 Å². The van der Waals surface area contributed by atoms with Gasteiger partial charge >= 0.3 is 21.3 Å². The fourth-order valence-electron chi connectivity index (χ4n) is 6.72. The molecule has 48 heavy (non-hydrogen) atoms. The second kappa shape index (κ2) is 13.0. The van der Waals surface area contributed by atoms with Crippen LogP contribution in [0.1, 0.15) is 58.9 Å². The topological polar surface area (TPSA) is 108 Å². The Kier molecular flexibility index (Phi) is 9.44. The van der Waals surface area contributed by atoms with Crippen molar-refractivity contribution in [3.05, 3.63) is 78.4 Å². The van der Waals surface area contributed by atoms with Gasteiger partial charge in [0.25, 0.3) is 0 Å². The number of benzene rings is 3. The molecule has 1 heterocycles. The van der Waals surface area contributed by atoms with Crippen LogP contribution in [-0.2, 0) is 41.1 Å². The number of esters is 1. The normalized spacial score (nSPS) is 24.5. The molecule has 8 nitrogen and oxygen atoms in total. The van der Waals surface area contributed by atoms with E-state index < -0.39 is 38.2 Å². The van der Waals surface area contributed by atoms with E-state index in [1.54, 1.807) is 24.3 Å². The van der Waals surface area contributed by atoms with E-state index in [1.165, 1.54) is 18.6 Å². The minimum atomic E-state index is -5.66. The van der Waals surface area contributed by atoms with Crippen LogP contribution in [-0.4, -0.2) is 43.5 Å². The number of carbonyl (C=O) groups is 1. The molecule has 3 aromatic rings. The predicted molar refractivity (Wildman–Crippen MR) is 176 cm³/mol. The highest BCUT2D eigenvalue weighted by atomic mass is 32.2. The quantitative estimate of drug-likeness (QED) is 0.0995. The standard InChI is InChI=1S/C36H40F2O8S2/c1-23(36(37,38)48(40,41)42)45-27-9-15-30(16-10-27)47(29-13-7-26(8-14-29)35(4)43-21-34(2,3)22-44-35)31-17-11-28(12-18-31)46-33(39)32-20-24-5-6-25(32)19-24/h7-18,23-25,32H,5-6,19-22H2,1-4H3/p+1. The second-order valence-electron chi connectivity index (χ2n) is 14.0. The van der Waals surface area contributed by atoms with Crippen LogP contribution in [0.4, 0.5) is 8.78 Å². The van der Waals surface area contributed by atoms with Crippen molar-refractivity contribution in [2.24, 2.45) is 23.2 Å². The molecule has 3 aliphatic rings. The fourth-order valence-corrected chi connectivity index (χ4v) is 9.23. The lowest BCUT2D eigenvalue weighted by atomic mass is 9.89. The largest absolute Gasteiger partial charge is 0.483 e. The molecule has 5 unspecified atom stereocenters. The van der Waals surface area contributed by atoms with E-state index in [1.807, 2.05) is 43.3 Å². The molecular weight excluding hydrogens is 663 g/mol. The highest BCUT2D eigenvalue weighted by molar-refractivity contribution is 7.97. The molecule has 2 saturated carbocycles. The van der Waals surface area contributed by atoms with Crippen LogP contribution in [0.2, 0.25) is 0 Å². The van der Waals surface area contributed by atoms with E-state index in [4.69, 9.17) is 23.5 Å². The number of rotatable bonds is 10. The summed E-state index contributed by atoms with van der Waals surface area (Å²) in [6.45, 7) is 8.06. The van der Waals surface area contributed by atoms with Crippen LogP contribution in [0.5, 0.6) is 11.5 Å². The van der Waals surface area contributed by atoms with E-state index in [2.05, 4.69) is 13.8 Å². The zero-order chi connectivity index (χ0) is 34.5. The summed E-state index contributed by atoms with van der Waals surface area (Å²) < 4.78 is 82.9. The van der Waals surface area contributed by atoms with Gasteiger partial charge in [-0.05, 0) is 118 Å². The molecular formula is C36H41F2O8S2+. The predicted octanol–water partition coefficient (Wildman–Crippen LogP) is 7.62. The maximum Gasteiger partial charge on any atom is 0.405 e. The number of hydrogen-bond acceptors (Lipinski definition) is 7. The molecule has 0 amide bonds. The van der Waals surface area contributed by atoms with Gasteiger partial charge in [0, 0.05) is 11.0 Å². The number of fused-ring (bicyclic) bond motifs is 2. The third-order valence-corrected chi connectivity index (χ3v) is 12.8. The summed E-state index contributed by atoms with van der Waals surface area (Å²) >= 11 is 0. The first kappa shape index (κ1) is 34.8. The van der Waals surface area contributed by atoms with E-state index in [9.17, 15) is 22.0 Å². The molecule has 0 aromatic heterocycles. The summed E-state index contributed by atoms with van der Waals surface area (Å²) in [6.07, 6.45) is 2.18. The van der Waals surface area contributed by atoms with Crippen molar-refractivity contribution in [1.29, 1.82) is 0 Å². The van der Waals surface area contributed by atoms with Crippen molar-refractivity contribution in [2.45, 2.75) is 85.2 Å². The monoisotopic (exact) mass is 703 g/mol. The summed E-state index contributed by atoms with van der Waals surface area (Å²) in [7, 11) is -6.35. The first-order valence-electron chi connectivity index (χ1n) is 16.1. The molecule has 12 heteroatoms. The van der Waals surface area contributed by atoms with Gasteiger partial charge in [0.2, 0.25) is 0 Å². The molecule has 3 fully saturated rings. The third-order valence-electron chi connectivity index (χ3n) is 9.60. The Balaban J connectivity index is 1.25. The molecule has 1 N–H and O–H groups in total. The summed E-state index contributed by atoms with van der Waals surface area (Å²) in [5, 5.41) is -4.49. The zero-order valence-corrected chi connectivity index (χ0v) is 29.0. The number of ether oxygens (including phenoxy) is 4. The average Bonchev–Trinajstić information content (AvgIpc) is 3.69. The molecule has 3 aromatic carbocycles. The van der Waals surface area contributed by atoms with Crippen molar-refractivity contribution in [1.82, 2.24) is 0 Å². The SMILES string of the molecule is CC(Oc1ccc([S+](c2ccc(OC(=O)C3CC4CCC3C4)cc2)c2ccc(C3(C)OCC(C)(C)CO3)cc2)cc1)C(F)(F)S(=O)(=O)O. The van der Waals surface area contributed by atoms with Crippen LogP contribution in [0.25, 0.3) is 0 Å². The van der Waals surface area contributed by atoms with Gasteiger partial charge in [0.1, 0.15) is 11.5 Å². The summed E-state index contributed by atoms with van der Waals surface area (Å²) in [5.41, 5.74) is 0.782. The van der Waals surface area contributed by atoms with E-state index in [0.717, 1.165) is 46.4 Å². The Morgan fingerprint density at radius 1 is 0.875 bits per heavy atom. The molecule has 2 aliphatic carbocycles. The Morgan fingerprint density at radius 3 is 1.88 bits per heavy atom.